The minimum absolute atomic E-state index is 0. The zero-order chi connectivity index (χ0) is 12.3. The highest BCUT2D eigenvalue weighted by Crippen LogP contribution is 2.26. The Balaban J connectivity index is 0.00000162. The van der Waals surface area contributed by atoms with Crippen molar-refractivity contribution in [3.05, 3.63) is 0 Å². The SMILES string of the molecule is CN1CCN(C(=O)CC2CCC(N)CC2)CC1.Cl.Cl. The summed E-state index contributed by atoms with van der Waals surface area (Å²) in [4.78, 5) is 16.4. The third-order valence-electron chi connectivity index (χ3n) is 4.21. The van der Waals surface area contributed by atoms with Crippen LogP contribution in [0.25, 0.3) is 0 Å². The predicted molar refractivity (Wildman–Crippen MR) is 83.1 cm³/mol. The summed E-state index contributed by atoms with van der Waals surface area (Å²) >= 11 is 0. The lowest BCUT2D eigenvalue weighted by atomic mass is 9.84. The van der Waals surface area contributed by atoms with Crippen molar-refractivity contribution in [2.45, 2.75) is 38.1 Å². The zero-order valence-electron chi connectivity index (χ0n) is 11.7. The van der Waals surface area contributed by atoms with Crippen LogP contribution in [0.1, 0.15) is 32.1 Å². The summed E-state index contributed by atoms with van der Waals surface area (Å²) in [6.45, 7) is 3.84. The Bertz CT molecular complexity index is 263. The van der Waals surface area contributed by atoms with Crippen molar-refractivity contribution in [2.24, 2.45) is 11.7 Å². The molecule has 2 fully saturated rings. The molecule has 0 bridgehead atoms. The summed E-state index contributed by atoms with van der Waals surface area (Å²) in [5.41, 5.74) is 5.88. The molecule has 1 heterocycles. The van der Waals surface area contributed by atoms with Gasteiger partial charge in [0.05, 0.1) is 0 Å². The van der Waals surface area contributed by atoms with Gasteiger partial charge >= 0.3 is 0 Å². The third kappa shape index (κ3) is 5.86. The van der Waals surface area contributed by atoms with Crippen LogP contribution in [-0.2, 0) is 4.79 Å². The van der Waals surface area contributed by atoms with Crippen LogP contribution in [0.4, 0.5) is 0 Å². The summed E-state index contributed by atoms with van der Waals surface area (Å²) in [7, 11) is 2.12. The molecule has 0 aromatic heterocycles. The average molecular weight is 312 g/mol. The van der Waals surface area contributed by atoms with E-state index in [1.807, 2.05) is 4.90 Å². The molecule has 2 aliphatic rings. The molecule has 1 saturated carbocycles. The van der Waals surface area contributed by atoms with E-state index in [1.165, 1.54) is 0 Å². The van der Waals surface area contributed by atoms with Gasteiger partial charge in [-0.3, -0.25) is 4.79 Å². The largest absolute Gasteiger partial charge is 0.340 e. The second-order valence-corrected chi connectivity index (χ2v) is 5.67. The monoisotopic (exact) mass is 311 g/mol. The van der Waals surface area contributed by atoms with E-state index in [2.05, 4.69) is 11.9 Å². The van der Waals surface area contributed by atoms with Crippen LogP contribution < -0.4 is 5.73 Å². The molecule has 0 atom stereocenters. The summed E-state index contributed by atoms with van der Waals surface area (Å²) < 4.78 is 0. The van der Waals surface area contributed by atoms with Gasteiger partial charge in [0.15, 0.2) is 0 Å². The molecule has 2 rings (SSSR count). The first-order chi connectivity index (χ1) is 8.15. The Hall–Kier alpha value is -0.0300. The van der Waals surface area contributed by atoms with E-state index in [9.17, 15) is 4.79 Å². The minimum atomic E-state index is 0. The normalized spacial score (nSPS) is 28.2. The Morgan fingerprint density at radius 3 is 2.11 bits per heavy atom. The maximum atomic E-state index is 12.1. The Labute approximate surface area is 128 Å². The molecule has 1 aliphatic carbocycles. The van der Waals surface area contributed by atoms with Gasteiger partial charge in [-0.1, -0.05) is 0 Å². The highest BCUT2D eigenvalue weighted by molar-refractivity contribution is 5.85. The van der Waals surface area contributed by atoms with Gasteiger partial charge in [-0.15, -0.1) is 24.8 Å². The van der Waals surface area contributed by atoms with Gasteiger partial charge in [0, 0.05) is 38.6 Å². The maximum absolute atomic E-state index is 12.1. The smallest absolute Gasteiger partial charge is 0.222 e. The molecule has 0 spiro atoms. The first-order valence-electron chi connectivity index (χ1n) is 6.87. The Morgan fingerprint density at radius 2 is 1.58 bits per heavy atom. The second kappa shape index (κ2) is 9.01. The van der Waals surface area contributed by atoms with Crippen LogP contribution in [0.2, 0.25) is 0 Å². The minimum Gasteiger partial charge on any atom is -0.340 e. The molecule has 2 N–H and O–H groups in total. The number of carbonyl (C=O) groups is 1. The molecule has 0 unspecified atom stereocenters. The van der Waals surface area contributed by atoms with Crippen molar-refractivity contribution >= 4 is 30.7 Å². The van der Waals surface area contributed by atoms with Crippen molar-refractivity contribution in [1.82, 2.24) is 9.80 Å². The topological polar surface area (TPSA) is 49.6 Å². The lowest BCUT2D eigenvalue weighted by Crippen LogP contribution is -2.47. The number of amides is 1. The molecule has 1 saturated heterocycles. The lowest BCUT2D eigenvalue weighted by Gasteiger charge is -2.34. The molecule has 1 aliphatic heterocycles. The quantitative estimate of drug-likeness (QED) is 0.841. The lowest BCUT2D eigenvalue weighted by molar-refractivity contribution is -0.134. The highest BCUT2D eigenvalue weighted by atomic mass is 35.5. The molecular weight excluding hydrogens is 285 g/mol. The standard InChI is InChI=1S/C13H25N3O.2ClH/c1-15-6-8-16(9-7-15)13(17)10-11-2-4-12(14)5-3-11;;/h11-12H,2-10,14H2,1H3;2*1H. The van der Waals surface area contributed by atoms with Crippen molar-refractivity contribution in [2.75, 3.05) is 33.2 Å². The average Bonchev–Trinajstić information content (AvgIpc) is 2.33. The fourth-order valence-electron chi connectivity index (χ4n) is 2.82. The van der Waals surface area contributed by atoms with Crippen LogP contribution >= 0.6 is 24.8 Å². The number of piperazine rings is 1. The molecular formula is C13H27Cl2N3O. The molecule has 0 radical (unpaired) electrons. The third-order valence-corrected chi connectivity index (χ3v) is 4.21. The molecule has 19 heavy (non-hydrogen) atoms. The van der Waals surface area contributed by atoms with Crippen molar-refractivity contribution in [3.63, 3.8) is 0 Å². The van der Waals surface area contributed by atoms with Crippen LogP contribution in [0.3, 0.4) is 0 Å². The number of nitrogens with two attached hydrogens (primary N) is 1. The fraction of sp³-hybridized carbons (Fsp3) is 0.923. The van der Waals surface area contributed by atoms with Gasteiger partial charge < -0.3 is 15.5 Å². The Morgan fingerprint density at radius 1 is 1.05 bits per heavy atom. The van der Waals surface area contributed by atoms with Crippen molar-refractivity contribution < 1.29 is 4.79 Å². The van der Waals surface area contributed by atoms with Crippen molar-refractivity contribution in [1.29, 1.82) is 0 Å². The van der Waals surface area contributed by atoms with Gasteiger partial charge in [-0.05, 0) is 38.6 Å². The molecule has 1 amide bonds. The Kier molecular flexibility index (Phi) is 8.99. The van der Waals surface area contributed by atoms with Gasteiger partial charge in [0.1, 0.15) is 0 Å². The predicted octanol–water partition coefficient (Wildman–Crippen LogP) is 1.51. The fourth-order valence-corrected chi connectivity index (χ4v) is 2.82. The van der Waals surface area contributed by atoms with E-state index in [-0.39, 0.29) is 24.8 Å². The zero-order valence-corrected chi connectivity index (χ0v) is 13.3. The summed E-state index contributed by atoms with van der Waals surface area (Å²) in [5.74, 6) is 0.945. The van der Waals surface area contributed by atoms with Gasteiger partial charge in [-0.2, -0.15) is 0 Å². The number of hydrogen-bond acceptors (Lipinski definition) is 3. The number of halogens is 2. The number of carbonyl (C=O) groups excluding carboxylic acids is 1. The summed E-state index contributed by atoms with van der Waals surface area (Å²) in [6, 6.07) is 0.380. The molecule has 6 heteroatoms. The van der Waals surface area contributed by atoms with E-state index in [0.29, 0.717) is 17.9 Å². The van der Waals surface area contributed by atoms with E-state index >= 15 is 0 Å². The summed E-state index contributed by atoms with van der Waals surface area (Å²) in [5, 5.41) is 0. The van der Waals surface area contributed by atoms with Gasteiger partial charge in [0.2, 0.25) is 5.91 Å². The number of likely N-dealkylation sites (N-methyl/N-ethyl adjacent to an activating group) is 1. The molecule has 0 aromatic rings. The van der Waals surface area contributed by atoms with Crippen LogP contribution in [0.15, 0.2) is 0 Å². The van der Waals surface area contributed by atoms with Crippen LogP contribution in [0.5, 0.6) is 0 Å². The first kappa shape index (κ1) is 19.0. The number of hydrogen-bond donors (Lipinski definition) is 1. The van der Waals surface area contributed by atoms with Gasteiger partial charge in [0.25, 0.3) is 0 Å². The van der Waals surface area contributed by atoms with E-state index in [4.69, 9.17) is 5.73 Å². The van der Waals surface area contributed by atoms with E-state index in [0.717, 1.165) is 58.3 Å². The van der Waals surface area contributed by atoms with Crippen LogP contribution in [-0.4, -0.2) is 55.0 Å². The second-order valence-electron chi connectivity index (χ2n) is 5.67. The molecule has 114 valence electrons. The maximum Gasteiger partial charge on any atom is 0.222 e. The first-order valence-corrected chi connectivity index (χ1v) is 6.87. The number of rotatable bonds is 2. The van der Waals surface area contributed by atoms with Crippen LogP contribution in [0, 0.1) is 5.92 Å². The summed E-state index contributed by atoms with van der Waals surface area (Å²) in [6.07, 6.45) is 5.22. The van der Waals surface area contributed by atoms with Gasteiger partial charge in [-0.25, -0.2) is 0 Å². The van der Waals surface area contributed by atoms with Crippen molar-refractivity contribution in [3.8, 4) is 0 Å². The molecule has 4 nitrogen and oxygen atoms in total. The van der Waals surface area contributed by atoms with E-state index < -0.39 is 0 Å². The number of nitrogens with zero attached hydrogens (tertiary/aromatic N) is 2. The highest BCUT2D eigenvalue weighted by Gasteiger charge is 2.24. The van der Waals surface area contributed by atoms with E-state index in [1.54, 1.807) is 0 Å². The molecule has 0 aromatic carbocycles.